The van der Waals surface area contributed by atoms with Gasteiger partial charge in [0.1, 0.15) is 11.4 Å². The second-order valence-corrected chi connectivity index (χ2v) is 6.84. The van der Waals surface area contributed by atoms with E-state index < -0.39 is 0 Å². The largest absolute Gasteiger partial charge is 0.304 e. The smallest absolute Gasteiger partial charge is 0.167 e. The average molecular weight is 333 g/mol. The van der Waals surface area contributed by atoms with Crippen molar-refractivity contribution in [3.8, 4) is 16.8 Å². The van der Waals surface area contributed by atoms with Crippen LogP contribution >= 0.6 is 0 Å². The molecule has 2 heteroatoms. The maximum atomic E-state index is 2.41. The van der Waals surface area contributed by atoms with Gasteiger partial charge in [0.05, 0.1) is 16.6 Å². The highest BCUT2D eigenvalue weighted by atomic mass is 15.0. The predicted octanol–water partition coefficient (Wildman–Crippen LogP) is 5.29. The number of fused-ring (bicyclic) bond motifs is 6. The Morgan fingerprint density at radius 3 is 1.92 bits per heavy atom. The highest BCUT2D eigenvalue weighted by molar-refractivity contribution is 6.09. The molecule has 6 rings (SSSR count). The molecular weight excluding hydrogens is 316 g/mol. The van der Waals surface area contributed by atoms with Crippen LogP contribution in [0.5, 0.6) is 0 Å². The van der Waals surface area contributed by atoms with Crippen molar-refractivity contribution in [2.45, 2.75) is 0 Å². The van der Waals surface area contributed by atoms with Crippen LogP contribution in [-0.2, 0) is 0 Å². The van der Waals surface area contributed by atoms with E-state index in [1.165, 1.54) is 50.0 Å². The van der Waals surface area contributed by atoms with Gasteiger partial charge < -0.3 is 4.57 Å². The number of hydrogen-bond acceptors (Lipinski definition) is 0. The molecule has 0 spiro atoms. The second-order valence-electron chi connectivity index (χ2n) is 6.84. The van der Waals surface area contributed by atoms with E-state index >= 15 is 0 Å². The van der Waals surface area contributed by atoms with Crippen LogP contribution in [0.1, 0.15) is 0 Å². The lowest BCUT2D eigenvalue weighted by molar-refractivity contribution is -0.472. The summed E-state index contributed by atoms with van der Waals surface area (Å²) in [5.74, 6) is 0. The summed E-state index contributed by atoms with van der Waals surface area (Å²) >= 11 is 0. The van der Waals surface area contributed by atoms with E-state index in [0.29, 0.717) is 0 Å². The third-order valence-electron chi connectivity index (χ3n) is 5.45. The molecule has 122 valence electrons. The zero-order chi connectivity index (χ0) is 17.1. The lowest BCUT2D eigenvalue weighted by Crippen LogP contribution is -2.69. The summed E-state index contributed by atoms with van der Waals surface area (Å²) in [6.45, 7) is 0. The molecule has 0 bridgehead atoms. The SMILES string of the molecule is c1ccc2c(c1)[NH2+]c1c-2cccc1-n1c2ccccc2c2ccccc21. The molecule has 4 aromatic carbocycles. The maximum absolute atomic E-state index is 2.41. The Bertz CT molecular complexity index is 1260. The van der Waals surface area contributed by atoms with Gasteiger partial charge in [0.15, 0.2) is 5.69 Å². The van der Waals surface area contributed by atoms with Crippen LogP contribution in [0.15, 0.2) is 91.0 Å². The van der Waals surface area contributed by atoms with Crippen molar-refractivity contribution in [1.82, 2.24) is 4.57 Å². The zero-order valence-corrected chi connectivity index (χ0v) is 14.2. The van der Waals surface area contributed by atoms with Crippen LogP contribution in [0.3, 0.4) is 0 Å². The number of nitrogens with zero attached hydrogens (tertiary/aromatic N) is 1. The van der Waals surface area contributed by atoms with E-state index in [9.17, 15) is 0 Å². The van der Waals surface area contributed by atoms with Crippen LogP contribution in [0.25, 0.3) is 38.6 Å². The summed E-state index contributed by atoms with van der Waals surface area (Å²) in [5, 5.41) is 4.93. The normalized spacial score (nSPS) is 12.5. The van der Waals surface area contributed by atoms with Crippen molar-refractivity contribution < 1.29 is 5.32 Å². The predicted molar refractivity (Wildman–Crippen MR) is 107 cm³/mol. The minimum Gasteiger partial charge on any atom is -0.304 e. The molecule has 2 N–H and O–H groups in total. The van der Waals surface area contributed by atoms with Crippen LogP contribution in [0, 0.1) is 0 Å². The summed E-state index contributed by atoms with van der Waals surface area (Å²) in [6.07, 6.45) is 0. The van der Waals surface area contributed by atoms with Crippen molar-refractivity contribution >= 4 is 33.2 Å². The molecule has 0 saturated carbocycles. The van der Waals surface area contributed by atoms with E-state index in [-0.39, 0.29) is 0 Å². The number of aromatic nitrogens is 1. The van der Waals surface area contributed by atoms with Gasteiger partial charge >= 0.3 is 0 Å². The molecule has 0 atom stereocenters. The highest BCUT2D eigenvalue weighted by Crippen LogP contribution is 2.41. The minimum atomic E-state index is 1.25. The number of hydrogen-bond donors (Lipinski definition) is 1. The van der Waals surface area contributed by atoms with Crippen molar-refractivity contribution in [3.05, 3.63) is 91.0 Å². The molecule has 1 aromatic heterocycles. The van der Waals surface area contributed by atoms with Crippen LogP contribution < -0.4 is 5.32 Å². The first-order valence-electron chi connectivity index (χ1n) is 8.97. The Balaban J connectivity index is 1.74. The molecule has 26 heavy (non-hydrogen) atoms. The minimum absolute atomic E-state index is 1.25. The molecule has 1 aliphatic rings. The van der Waals surface area contributed by atoms with Gasteiger partial charge in [-0.25, -0.2) is 0 Å². The van der Waals surface area contributed by atoms with E-state index in [0.717, 1.165) is 0 Å². The fraction of sp³-hybridized carbons (Fsp3) is 0. The number of nitrogens with two attached hydrogens (primary N) is 1. The number of para-hydroxylation sites is 4. The van der Waals surface area contributed by atoms with Crippen LogP contribution in [0.4, 0.5) is 11.4 Å². The molecule has 2 heterocycles. The Labute approximate surface area is 151 Å². The molecule has 0 aliphatic carbocycles. The number of rotatable bonds is 1. The Morgan fingerprint density at radius 2 is 1.15 bits per heavy atom. The quantitative estimate of drug-likeness (QED) is 0.395. The van der Waals surface area contributed by atoms with E-state index in [2.05, 4.69) is 101 Å². The van der Waals surface area contributed by atoms with Crippen LogP contribution in [0.2, 0.25) is 0 Å². The summed E-state index contributed by atoms with van der Waals surface area (Å²) < 4.78 is 2.41. The highest BCUT2D eigenvalue weighted by Gasteiger charge is 2.27. The van der Waals surface area contributed by atoms with Gasteiger partial charge in [0.25, 0.3) is 0 Å². The molecule has 5 aromatic rings. The maximum Gasteiger partial charge on any atom is 0.167 e. The molecule has 1 aliphatic heterocycles. The lowest BCUT2D eigenvalue weighted by atomic mass is 10.1. The standard InChI is InChI=1S/C24H16N2/c1-4-12-20-16(8-1)19-11-7-15-23(24(19)25-20)26-21-13-5-2-9-17(21)18-10-3-6-14-22(18)26/h1-15,25H/p+1. The van der Waals surface area contributed by atoms with Crippen LogP contribution in [-0.4, -0.2) is 4.57 Å². The Hall–Kier alpha value is -3.36. The molecular formula is C24H17N2+. The molecule has 2 nitrogen and oxygen atoms in total. The Kier molecular flexibility index (Phi) is 2.71. The van der Waals surface area contributed by atoms with Crippen molar-refractivity contribution in [2.24, 2.45) is 0 Å². The Morgan fingerprint density at radius 1 is 0.538 bits per heavy atom. The van der Waals surface area contributed by atoms with E-state index in [4.69, 9.17) is 0 Å². The fourth-order valence-electron chi connectivity index (χ4n) is 4.34. The summed E-state index contributed by atoms with van der Waals surface area (Å²) in [6, 6.07) is 32.7. The summed E-state index contributed by atoms with van der Waals surface area (Å²) in [5.41, 5.74) is 9.01. The van der Waals surface area contributed by atoms with Gasteiger partial charge in [0, 0.05) is 22.4 Å². The zero-order valence-electron chi connectivity index (χ0n) is 14.2. The van der Waals surface area contributed by atoms with Crippen molar-refractivity contribution in [1.29, 1.82) is 0 Å². The van der Waals surface area contributed by atoms with Gasteiger partial charge in [-0.15, -0.1) is 0 Å². The average Bonchev–Trinajstić information content (AvgIpc) is 3.24. The summed E-state index contributed by atoms with van der Waals surface area (Å²) in [7, 11) is 0. The third kappa shape index (κ3) is 1.74. The summed E-state index contributed by atoms with van der Waals surface area (Å²) in [4.78, 5) is 0. The van der Waals surface area contributed by atoms with Gasteiger partial charge in [-0.2, -0.15) is 0 Å². The van der Waals surface area contributed by atoms with Gasteiger partial charge in [-0.1, -0.05) is 54.6 Å². The fourth-order valence-corrected chi connectivity index (χ4v) is 4.34. The molecule has 0 radical (unpaired) electrons. The first-order valence-corrected chi connectivity index (χ1v) is 8.97. The first kappa shape index (κ1) is 13.9. The molecule has 0 unspecified atom stereocenters. The first-order chi connectivity index (χ1) is 12.9. The van der Waals surface area contributed by atoms with Gasteiger partial charge in [-0.05, 0) is 30.3 Å². The van der Waals surface area contributed by atoms with Gasteiger partial charge in [-0.3, -0.25) is 5.32 Å². The van der Waals surface area contributed by atoms with Crippen molar-refractivity contribution in [2.75, 3.05) is 0 Å². The second kappa shape index (κ2) is 5.07. The van der Waals surface area contributed by atoms with Crippen molar-refractivity contribution in [3.63, 3.8) is 0 Å². The molecule has 0 fully saturated rings. The monoisotopic (exact) mass is 333 g/mol. The number of quaternary nitrogens is 1. The molecule has 0 saturated heterocycles. The molecule has 0 amide bonds. The van der Waals surface area contributed by atoms with E-state index in [1.807, 2.05) is 0 Å². The van der Waals surface area contributed by atoms with Gasteiger partial charge in [0.2, 0.25) is 0 Å². The van der Waals surface area contributed by atoms with E-state index in [1.54, 1.807) is 0 Å². The third-order valence-corrected chi connectivity index (χ3v) is 5.45. The number of benzene rings is 4. The topological polar surface area (TPSA) is 21.5 Å². The lowest BCUT2D eigenvalue weighted by Gasteiger charge is -2.10.